The first kappa shape index (κ1) is 13.3. The summed E-state index contributed by atoms with van der Waals surface area (Å²) in [6, 6.07) is 2.56. The highest BCUT2D eigenvalue weighted by atomic mass is 35.5. The van der Waals surface area contributed by atoms with Crippen LogP contribution in [0.15, 0.2) is 11.4 Å². The number of hydrogen-bond acceptors (Lipinski definition) is 3. The van der Waals surface area contributed by atoms with Crippen LogP contribution in [0.5, 0.6) is 0 Å². The summed E-state index contributed by atoms with van der Waals surface area (Å²) in [7, 11) is 0. The average Bonchev–Trinajstić information content (AvgIpc) is 2.78. The number of thiophene rings is 1. The molecule has 0 saturated carbocycles. The maximum absolute atomic E-state index is 6.30. The summed E-state index contributed by atoms with van der Waals surface area (Å²) >= 11 is 8.11. The summed E-state index contributed by atoms with van der Waals surface area (Å²) < 4.78 is 0. The highest BCUT2D eigenvalue weighted by Crippen LogP contribution is 2.35. The molecule has 96 valence electrons. The van der Waals surface area contributed by atoms with Crippen molar-refractivity contribution >= 4 is 22.9 Å². The Kier molecular flexibility index (Phi) is 5.29. The van der Waals surface area contributed by atoms with Gasteiger partial charge in [0.15, 0.2) is 0 Å². The summed E-state index contributed by atoms with van der Waals surface area (Å²) in [4.78, 5) is 3.95. The van der Waals surface area contributed by atoms with E-state index in [1.54, 1.807) is 0 Å². The Balaban J connectivity index is 2.09. The van der Waals surface area contributed by atoms with Gasteiger partial charge in [0.05, 0.1) is 5.02 Å². The van der Waals surface area contributed by atoms with Crippen molar-refractivity contribution in [3.05, 3.63) is 21.3 Å². The van der Waals surface area contributed by atoms with Gasteiger partial charge in [0.2, 0.25) is 0 Å². The molecule has 1 fully saturated rings. The Morgan fingerprint density at radius 3 is 2.82 bits per heavy atom. The Hall–Kier alpha value is -0.0900. The minimum Gasteiger partial charge on any atom is -0.314 e. The molecular weight excluding hydrogens is 252 g/mol. The quantitative estimate of drug-likeness (QED) is 0.882. The van der Waals surface area contributed by atoms with Gasteiger partial charge in [-0.3, -0.25) is 4.90 Å². The Morgan fingerprint density at radius 1 is 1.47 bits per heavy atom. The molecule has 2 nitrogen and oxygen atoms in total. The van der Waals surface area contributed by atoms with E-state index in [0.717, 1.165) is 31.2 Å². The molecule has 1 atom stereocenters. The first-order valence-corrected chi connectivity index (χ1v) is 7.76. The summed E-state index contributed by atoms with van der Waals surface area (Å²) in [5.41, 5.74) is 0. The second-order valence-corrected chi connectivity index (χ2v) is 5.93. The molecule has 0 radical (unpaired) electrons. The van der Waals surface area contributed by atoms with E-state index in [9.17, 15) is 0 Å². The fourth-order valence-electron chi connectivity index (χ4n) is 2.41. The molecular formula is C13H21ClN2S. The molecule has 1 aromatic rings. The van der Waals surface area contributed by atoms with Gasteiger partial charge in [-0.05, 0) is 17.9 Å². The summed E-state index contributed by atoms with van der Waals surface area (Å²) in [6.45, 7) is 6.74. The Bertz CT molecular complexity index is 334. The number of piperazine rings is 1. The molecule has 2 rings (SSSR count). The zero-order valence-electron chi connectivity index (χ0n) is 10.4. The number of rotatable bonds is 5. The fraction of sp³-hybridized carbons (Fsp3) is 0.692. The average molecular weight is 273 g/mol. The standard InChI is InChI=1S/C13H21ClN2S/c1-2-3-4-12(13-11(14)5-10-17-13)16-8-6-15-7-9-16/h5,10,12,15H,2-4,6-9H2,1H3/t12-/m1/s1. The maximum atomic E-state index is 6.30. The number of unbranched alkanes of at least 4 members (excludes halogenated alkanes) is 1. The monoisotopic (exact) mass is 272 g/mol. The van der Waals surface area contributed by atoms with Crippen molar-refractivity contribution in [1.29, 1.82) is 0 Å². The van der Waals surface area contributed by atoms with Crippen molar-refractivity contribution in [2.45, 2.75) is 32.2 Å². The van der Waals surface area contributed by atoms with Crippen molar-refractivity contribution in [3.63, 3.8) is 0 Å². The molecule has 17 heavy (non-hydrogen) atoms. The van der Waals surface area contributed by atoms with E-state index in [1.165, 1.54) is 24.1 Å². The third kappa shape index (κ3) is 3.44. The van der Waals surface area contributed by atoms with Crippen LogP contribution in [0.25, 0.3) is 0 Å². The van der Waals surface area contributed by atoms with Crippen LogP contribution in [0.1, 0.15) is 37.1 Å². The van der Waals surface area contributed by atoms with Crippen LogP contribution in [0, 0.1) is 0 Å². The van der Waals surface area contributed by atoms with E-state index in [-0.39, 0.29) is 0 Å². The van der Waals surface area contributed by atoms with Crippen molar-refractivity contribution in [1.82, 2.24) is 10.2 Å². The van der Waals surface area contributed by atoms with Gasteiger partial charge in [0.1, 0.15) is 0 Å². The van der Waals surface area contributed by atoms with Gasteiger partial charge >= 0.3 is 0 Å². The third-order valence-corrected chi connectivity index (χ3v) is 4.83. The highest BCUT2D eigenvalue weighted by molar-refractivity contribution is 7.10. The van der Waals surface area contributed by atoms with Crippen molar-refractivity contribution < 1.29 is 0 Å². The number of hydrogen-bond donors (Lipinski definition) is 1. The molecule has 1 aliphatic rings. The molecule has 0 unspecified atom stereocenters. The lowest BCUT2D eigenvalue weighted by atomic mass is 10.1. The van der Waals surface area contributed by atoms with E-state index in [2.05, 4.69) is 22.5 Å². The zero-order valence-corrected chi connectivity index (χ0v) is 12.0. The third-order valence-electron chi connectivity index (χ3n) is 3.37. The molecule has 4 heteroatoms. The predicted molar refractivity (Wildman–Crippen MR) is 76.0 cm³/mol. The van der Waals surface area contributed by atoms with Crippen LogP contribution in [-0.2, 0) is 0 Å². The number of nitrogens with zero attached hydrogens (tertiary/aromatic N) is 1. The van der Waals surface area contributed by atoms with Crippen LogP contribution in [-0.4, -0.2) is 31.1 Å². The largest absolute Gasteiger partial charge is 0.314 e. The van der Waals surface area contributed by atoms with Crippen molar-refractivity contribution in [2.75, 3.05) is 26.2 Å². The Labute approximate surface area is 113 Å². The van der Waals surface area contributed by atoms with Crippen LogP contribution in [0.2, 0.25) is 5.02 Å². The molecule has 1 aromatic heterocycles. The fourth-order valence-corrected chi connectivity index (χ4v) is 3.77. The summed E-state index contributed by atoms with van der Waals surface area (Å²) in [5.74, 6) is 0. The van der Waals surface area contributed by atoms with E-state index >= 15 is 0 Å². The Morgan fingerprint density at radius 2 is 2.24 bits per heavy atom. The molecule has 0 aromatic carbocycles. The molecule has 1 aliphatic heterocycles. The second-order valence-electron chi connectivity index (χ2n) is 4.58. The van der Waals surface area contributed by atoms with Gasteiger partial charge in [-0.2, -0.15) is 0 Å². The SMILES string of the molecule is CCCC[C@H](c1sccc1Cl)N1CCNCC1. The summed E-state index contributed by atoms with van der Waals surface area (Å²) in [6.07, 6.45) is 3.77. The maximum Gasteiger partial charge on any atom is 0.0561 e. The lowest BCUT2D eigenvalue weighted by molar-refractivity contribution is 0.165. The van der Waals surface area contributed by atoms with E-state index in [4.69, 9.17) is 11.6 Å². The number of halogens is 1. The normalized spacial score (nSPS) is 19.4. The minimum atomic E-state index is 0.532. The first-order valence-electron chi connectivity index (χ1n) is 6.50. The molecule has 0 amide bonds. The molecule has 2 heterocycles. The predicted octanol–water partition coefficient (Wildman–Crippen LogP) is 3.54. The molecule has 1 N–H and O–H groups in total. The smallest absolute Gasteiger partial charge is 0.0561 e. The lowest BCUT2D eigenvalue weighted by Crippen LogP contribution is -2.45. The number of nitrogens with one attached hydrogen (secondary N) is 1. The van der Waals surface area contributed by atoms with Crippen LogP contribution < -0.4 is 5.32 Å². The highest BCUT2D eigenvalue weighted by Gasteiger charge is 2.24. The van der Waals surface area contributed by atoms with Crippen LogP contribution in [0.3, 0.4) is 0 Å². The second kappa shape index (κ2) is 6.74. The van der Waals surface area contributed by atoms with Gasteiger partial charge in [-0.15, -0.1) is 11.3 Å². The molecule has 0 spiro atoms. The van der Waals surface area contributed by atoms with Crippen LogP contribution >= 0.6 is 22.9 Å². The topological polar surface area (TPSA) is 15.3 Å². The van der Waals surface area contributed by atoms with Gasteiger partial charge in [-0.1, -0.05) is 31.4 Å². The van der Waals surface area contributed by atoms with Gasteiger partial charge in [0.25, 0.3) is 0 Å². The van der Waals surface area contributed by atoms with Gasteiger partial charge in [0, 0.05) is 37.1 Å². The lowest BCUT2D eigenvalue weighted by Gasteiger charge is -2.34. The summed E-state index contributed by atoms with van der Waals surface area (Å²) in [5, 5.41) is 6.48. The molecule has 0 aliphatic carbocycles. The first-order chi connectivity index (χ1) is 8.33. The van der Waals surface area contributed by atoms with Crippen LogP contribution in [0.4, 0.5) is 0 Å². The van der Waals surface area contributed by atoms with Crippen molar-refractivity contribution in [3.8, 4) is 0 Å². The van der Waals surface area contributed by atoms with E-state index in [1.807, 2.05) is 17.4 Å². The van der Waals surface area contributed by atoms with Gasteiger partial charge < -0.3 is 5.32 Å². The zero-order chi connectivity index (χ0) is 12.1. The minimum absolute atomic E-state index is 0.532. The van der Waals surface area contributed by atoms with E-state index < -0.39 is 0 Å². The van der Waals surface area contributed by atoms with Crippen molar-refractivity contribution in [2.24, 2.45) is 0 Å². The van der Waals surface area contributed by atoms with E-state index in [0.29, 0.717) is 6.04 Å². The molecule has 0 bridgehead atoms. The van der Waals surface area contributed by atoms with Gasteiger partial charge in [-0.25, -0.2) is 0 Å². The molecule has 1 saturated heterocycles.